The second-order valence-corrected chi connectivity index (χ2v) is 17.4. The fourth-order valence-electron chi connectivity index (χ4n) is 2.74. The van der Waals surface area contributed by atoms with Gasteiger partial charge in [0, 0.05) is 11.1 Å². The number of hydrogen-bond acceptors (Lipinski definition) is 5. The van der Waals surface area contributed by atoms with E-state index in [1.165, 1.54) is 0 Å². The summed E-state index contributed by atoms with van der Waals surface area (Å²) in [6.07, 6.45) is 3.66. The van der Waals surface area contributed by atoms with Crippen molar-refractivity contribution < 1.29 is 23.2 Å². The van der Waals surface area contributed by atoms with Crippen LogP contribution in [0, 0.1) is 0 Å². The lowest BCUT2D eigenvalue weighted by Gasteiger charge is -2.35. The molecule has 0 atom stereocenters. The van der Waals surface area contributed by atoms with Crippen LogP contribution in [0.3, 0.4) is 0 Å². The molecule has 0 aromatic rings. The first-order valence-corrected chi connectivity index (χ1v) is 15.9. The summed E-state index contributed by atoms with van der Waals surface area (Å²) in [7, 11) is -3.46. The van der Waals surface area contributed by atoms with Gasteiger partial charge in [0.2, 0.25) is 0 Å². The number of carbonyl (C=O) groups excluding carboxylic acids is 2. The van der Waals surface area contributed by atoms with E-state index in [1.807, 2.05) is 0 Å². The van der Waals surface area contributed by atoms with Crippen LogP contribution in [-0.2, 0) is 23.2 Å². The molecule has 0 saturated heterocycles. The third-order valence-electron chi connectivity index (χ3n) is 3.92. The van der Waals surface area contributed by atoms with E-state index >= 15 is 0 Å². The number of unbranched alkanes of at least 4 members (excludes halogenated alkanes) is 2. The van der Waals surface area contributed by atoms with E-state index in [0.29, 0.717) is 24.4 Å². The molecule has 0 N–H and O–H groups in total. The molecule has 0 aliphatic carbocycles. The van der Waals surface area contributed by atoms with E-state index in [1.54, 1.807) is 13.8 Å². The molecule has 156 valence electrons. The minimum Gasteiger partial charge on any atom is -0.462 e. The highest BCUT2D eigenvalue weighted by Crippen LogP contribution is 2.27. The smallest absolute Gasteiger partial charge is 0.333 e. The summed E-state index contributed by atoms with van der Waals surface area (Å²) >= 11 is 0. The molecule has 0 aromatic heterocycles. The van der Waals surface area contributed by atoms with E-state index in [-0.39, 0.29) is 11.9 Å². The summed E-state index contributed by atoms with van der Waals surface area (Å²) in [6.45, 7) is 20.3. The third kappa shape index (κ3) is 13.6. The second-order valence-electron chi connectivity index (χ2n) is 8.41. The Balaban J connectivity index is 4.34. The maximum atomic E-state index is 11.4. The van der Waals surface area contributed by atoms with Crippen LogP contribution in [0.25, 0.3) is 0 Å². The number of ether oxygens (including phenoxy) is 2. The van der Waals surface area contributed by atoms with Crippen molar-refractivity contribution in [2.75, 3.05) is 13.2 Å². The lowest BCUT2D eigenvalue weighted by atomic mass is 10.3. The zero-order chi connectivity index (χ0) is 21.1. The molecule has 0 bridgehead atoms. The van der Waals surface area contributed by atoms with Gasteiger partial charge in [0.15, 0.2) is 16.6 Å². The molecule has 7 heteroatoms. The predicted molar refractivity (Wildman–Crippen MR) is 116 cm³/mol. The molecule has 0 unspecified atom stereocenters. The van der Waals surface area contributed by atoms with Crippen LogP contribution >= 0.6 is 0 Å². The van der Waals surface area contributed by atoms with Crippen LogP contribution in [0.15, 0.2) is 24.3 Å². The largest absolute Gasteiger partial charge is 0.462 e. The van der Waals surface area contributed by atoms with Crippen LogP contribution in [0.5, 0.6) is 0 Å². The van der Waals surface area contributed by atoms with Gasteiger partial charge in [0.05, 0.1) is 13.2 Å². The van der Waals surface area contributed by atoms with E-state index in [9.17, 15) is 9.59 Å². The Bertz CT molecular complexity index is 487. The lowest BCUT2D eigenvalue weighted by molar-refractivity contribution is -0.139. The van der Waals surface area contributed by atoms with Crippen molar-refractivity contribution in [2.24, 2.45) is 0 Å². The fraction of sp³-hybridized carbons (Fsp3) is 0.700. The molecule has 0 aromatic carbocycles. The monoisotopic (exact) mass is 414 g/mol. The van der Waals surface area contributed by atoms with Crippen LogP contribution in [0.1, 0.15) is 39.5 Å². The Morgan fingerprint density at radius 3 is 1.41 bits per heavy atom. The molecule has 0 rings (SSSR count). The molecule has 0 radical (unpaired) electrons. The summed E-state index contributed by atoms with van der Waals surface area (Å²) in [4.78, 5) is 22.8. The SMILES string of the molecule is C=C(C)C(=O)OCCCC[Si](C)(CCCCOC(=O)C(=C)C)O[Si](C)(C)C. The molecule has 0 heterocycles. The Kier molecular flexibility index (Phi) is 11.8. The highest BCUT2D eigenvalue weighted by molar-refractivity contribution is 6.84. The Morgan fingerprint density at radius 2 is 1.11 bits per heavy atom. The van der Waals surface area contributed by atoms with Crippen molar-refractivity contribution in [2.45, 2.75) is 77.8 Å². The van der Waals surface area contributed by atoms with Crippen molar-refractivity contribution >= 4 is 28.6 Å². The first-order chi connectivity index (χ1) is 12.4. The van der Waals surface area contributed by atoms with Gasteiger partial charge in [-0.25, -0.2) is 9.59 Å². The first kappa shape index (κ1) is 25.8. The Morgan fingerprint density at radius 1 is 0.741 bits per heavy atom. The van der Waals surface area contributed by atoms with Crippen LogP contribution < -0.4 is 0 Å². The normalized spacial score (nSPS) is 11.8. The van der Waals surface area contributed by atoms with Gasteiger partial charge in [-0.15, -0.1) is 0 Å². The molecule has 5 nitrogen and oxygen atoms in total. The van der Waals surface area contributed by atoms with E-state index in [0.717, 1.165) is 37.8 Å². The molecule has 0 spiro atoms. The highest BCUT2D eigenvalue weighted by Gasteiger charge is 2.33. The van der Waals surface area contributed by atoms with Gasteiger partial charge >= 0.3 is 11.9 Å². The van der Waals surface area contributed by atoms with Gasteiger partial charge in [0.25, 0.3) is 0 Å². The minimum absolute atomic E-state index is 0.322. The second kappa shape index (κ2) is 12.3. The average Bonchev–Trinajstić information content (AvgIpc) is 2.51. The van der Waals surface area contributed by atoms with Crippen molar-refractivity contribution in [3.8, 4) is 0 Å². The van der Waals surface area contributed by atoms with Crippen LogP contribution in [0.2, 0.25) is 38.3 Å². The van der Waals surface area contributed by atoms with Gasteiger partial charge in [-0.3, -0.25) is 0 Å². The first-order valence-electron chi connectivity index (χ1n) is 9.72. The lowest BCUT2D eigenvalue weighted by Crippen LogP contribution is -2.44. The van der Waals surface area contributed by atoms with Crippen LogP contribution in [0.4, 0.5) is 0 Å². The maximum absolute atomic E-state index is 11.4. The topological polar surface area (TPSA) is 61.8 Å². The molecule has 0 aliphatic rings. The van der Waals surface area contributed by atoms with Crippen molar-refractivity contribution in [1.82, 2.24) is 0 Å². The molecular formula is C20H38O5Si2. The van der Waals surface area contributed by atoms with Gasteiger partial charge in [0.1, 0.15) is 0 Å². The summed E-state index contributed by atoms with van der Waals surface area (Å²) in [6, 6.07) is 2.10. The number of esters is 2. The molecular weight excluding hydrogens is 376 g/mol. The molecule has 0 aliphatic heterocycles. The zero-order valence-corrected chi connectivity index (χ0v) is 20.1. The highest BCUT2D eigenvalue weighted by atomic mass is 28.4. The van der Waals surface area contributed by atoms with Crippen molar-refractivity contribution in [1.29, 1.82) is 0 Å². The Labute approximate surface area is 167 Å². The summed E-state index contributed by atoms with van der Waals surface area (Å²) in [5, 5.41) is 0. The van der Waals surface area contributed by atoms with E-state index in [2.05, 4.69) is 39.3 Å². The number of carbonyl (C=O) groups is 2. The number of rotatable bonds is 14. The minimum atomic E-state index is -1.84. The van der Waals surface area contributed by atoms with Crippen LogP contribution in [-0.4, -0.2) is 41.8 Å². The number of hydrogen-bond donors (Lipinski definition) is 0. The zero-order valence-electron chi connectivity index (χ0n) is 18.1. The third-order valence-corrected chi connectivity index (χ3v) is 11.2. The molecule has 0 amide bonds. The summed E-state index contributed by atoms with van der Waals surface area (Å²) < 4.78 is 16.9. The van der Waals surface area contributed by atoms with E-state index in [4.69, 9.17) is 13.6 Å². The summed E-state index contributed by atoms with van der Waals surface area (Å²) in [5.74, 6) is -0.643. The quantitative estimate of drug-likeness (QED) is 0.169. The molecule has 0 fully saturated rings. The fourth-order valence-corrected chi connectivity index (χ4v) is 11.7. The van der Waals surface area contributed by atoms with Crippen molar-refractivity contribution in [3.05, 3.63) is 24.3 Å². The van der Waals surface area contributed by atoms with Crippen molar-refractivity contribution in [3.63, 3.8) is 0 Å². The summed E-state index contributed by atoms with van der Waals surface area (Å²) in [5.41, 5.74) is 0.868. The molecule has 27 heavy (non-hydrogen) atoms. The Hall–Kier alpha value is -1.19. The van der Waals surface area contributed by atoms with Gasteiger partial charge in [-0.05, 0) is 65.0 Å². The van der Waals surface area contributed by atoms with Gasteiger partial charge < -0.3 is 13.6 Å². The standard InChI is InChI=1S/C20H38O5Si2/c1-17(2)19(21)23-13-9-11-15-27(8,25-26(5,6)7)16-12-10-14-24-20(22)18(3)4/h1,3,9-16H2,2,4-8H3. The predicted octanol–water partition coefficient (Wildman–Crippen LogP) is 5.21. The molecule has 0 saturated carbocycles. The maximum Gasteiger partial charge on any atom is 0.333 e. The van der Waals surface area contributed by atoms with E-state index < -0.39 is 16.6 Å². The van der Waals surface area contributed by atoms with Gasteiger partial charge in [-0.1, -0.05) is 26.0 Å². The average molecular weight is 415 g/mol. The van der Waals surface area contributed by atoms with Gasteiger partial charge in [-0.2, -0.15) is 0 Å².